The highest BCUT2D eigenvalue weighted by molar-refractivity contribution is 5.86. The van der Waals surface area contributed by atoms with Crippen molar-refractivity contribution < 1.29 is 4.74 Å². The third kappa shape index (κ3) is 1.86. The molecule has 1 N–H and O–H groups in total. The largest absolute Gasteiger partial charge is 0.497 e. The summed E-state index contributed by atoms with van der Waals surface area (Å²) in [5, 5.41) is 0. The number of ether oxygens (including phenoxy) is 1. The summed E-state index contributed by atoms with van der Waals surface area (Å²) in [5.41, 5.74) is 6.36. The summed E-state index contributed by atoms with van der Waals surface area (Å²) in [6.45, 7) is 0. The molecule has 0 unspecified atom stereocenters. The predicted molar refractivity (Wildman–Crippen MR) is 88.8 cm³/mol. The van der Waals surface area contributed by atoms with E-state index < -0.39 is 0 Å². The SMILES string of the molecule is COc1ccc(-c2ncn3c2c(C2CC2)nc2[nH]ccc23)cc1. The van der Waals surface area contributed by atoms with E-state index in [9.17, 15) is 0 Å². The Labute approximate surface area is 133 Å². The van der Waals surface area contributed by atoms with Crippen LogP contribution in [0.2, 0.25) is 0 Å². The van der Waals surface area contributed by atoms with Gasteiger partial charge in [0.15, 0.2) is 5.65 Å². The van der Waals surface area contributed by atoms with Gasteiger partial charge in [0, 0.05) is 17.7 Å². The minimum atomic E-state index is 0.555. The van der Waals surface area contributed by atoms with Crippen molar-refractivity contribution in [2.24, 2.45) is 0 Å². The minimum Gasteiger partial charge on any atom is -0.497 e. The average Bonchev–Trinajstić information content (AvgIpc) is 3.16. The molecule has 0 radical (unpaired) electrons. The maximum absolute atomic E-state index is 5.25. The lowest BCUT2D eigenvalue weighted by Crippen LogP contribution is -1.96. The van der Waals surface area contributed by atoms with Gasteiger partial charge in [0.2, 0.25) is 0 Å². The number of imidazole rings is 1. The van der Waals surface area contributed by atoms with E-state index in [1.165, 1.54) is 12.8 Å². The van der Waals surface area contributed by atoms with Gasteiger partial charge >= 0.3 is 0 Å². The van der Waals surface area contributed by atoms with Crippen molar-refractivity contribution in [3.63, 3.8) is 0 Å². The number of benzene rings is 1. The monoisotopic (exact) mass is 304 g/mol. The number of hydrogen-bond acceptors (Lipinski definition) is 3. The number of aromatic nitrogens is 4. The standard InChI is InChI=1S/C18H16N4O/c1-23-13-6-4-11(5-7-13)15-17-16(12-2-3-12)21-18-14(8-9-19-18)22(17)10-20-15/h4-10,12,19H,2-3H2,1H3. The maximum atomic E-state index is 5.25. The van der Waals surface area contributed by atoms with Gasteiger partial charge in [0.05, 0.1) is 29.5 Å². The smallest absolute Gasteiger partial charge is 0.154 e. The molecule has 1 aliphatic rings. The first-order valence-electron chi connectivity index (χ1n) is 7.83. The molecule has 3 aromatic heterocycles. The van der Waals surface area contributed by atoms with Crippen LogP contribution in [-0.4, -0.2) is 26.5 Å². The normalized spacial score (nSPS) is 14.7. The topological polar surface area (TPSA) is 55.2 Å². The van der Waals surface area contributed by atoms with Crippen LogP contribution in [0.1, 0.15) is 24.5 Å². The molecule has 1 fully saturated rings. The van der Waals surface area contributed by atoms with Gasteiger partial charge in [-0.3, -0.25) is 4.40 Å². The van der Waals surface area contributed by atoms with Crippen molar-refractivity contribution >= 4 is 16.7 Å². The van der Waals surface area contributed by atoms with E-state index in [0.29, 0.717) is 5.92 Å². The molecular formula is C18H16N4O. The van der Waals surface area contributed by atoms with Crippen LogP contribution in [-0.2, 0) is 0 Å². The highest BCUT2D eigenvalue weighted by atomic mass is 16.5. The van der Waals surface area contributed by atoms with Crippen molar-refractivity contribution in [1.82, 2.24) is 19.4 Å². The lowest BCUT2D eigenvalue weighted by Gasteiger charge is -2.07. The number of fused-ring (bicyclic) bond motifs is 3. The number of H-pyrrole nitrogens is 1. The predicted octanol–water partition coefficient (Wildman–Crippen LogP) is 3.76. The van der Waals surface area contributed by atoms with Gasteiger partial charge in [-0.25, -0.2) is 9.97 Å². The fourth-order valence-electron chi connectivity index (χ4n) is 3.19. The van der Waals surface area contributed by atoms with Crippen LogP contribution in [0, 0.1) is 0 Å². The van der Waals surface area contributed by atoms with E-state index in [0.717, 1.165) is 39.4 Å². The van der Waals surface area contributed by atoms with E-state index in [1.807, 2.05) is 30.7 Å². The van der Waals surface area contributed by atoms with Crippen molar-refractivity contribution in [2.45, 2.75) is 18.8 Å². The van der Waals surface area contributed by atoms with Gasteiger partial charge < -0.3 is 9.72 Å². The van der Waals surface area contributed by atoms with Gasteiger partial charge in [-0.15, -0.1) is 0 Å². The summed E-state index contributed by atoms with van der Waals surface area (Å²) >= 11 is 0. The van der Waals surface area contributed by atoms with Gasteiger partial charge in [0.25, 0.3) is 0 Å². The second kappa shape index (κ2) is 4.59. The highest BCUT2D eigenvalue weighted by Crippen LogP contribution is 2.43. The lowest BCUT2D eigenvalue weighted by molar-refractivity contribution is 0.415. The second-order valence-electron chi connectivity index (χ2n) is 6.02. The Kier molecular flexibility index (Phi) is 2.53. The number of hydrogen-bond donors (Lipinski definition) is 1. The third-order valence-electron chi connectivity index (χ3n) is 4.53. The molecule has 1 aromatic carbocycles. The number of rotatable bonds is 3. The van der Waals surface area contributed by atoms with E-state index in [4.69, 9.17) is 9.72 Å². The van der Waals surface area contributed by atoms with E-state index in [-0.39, 0.29) is 0 Å². The first kappa shape index (κ1) is 12.7. The second-order valence-corrected chi connectivity index (χ2v) is 6.02. The molecule has 3 heterocycles. The molecule has 0 bridgehead atoms. The molecule has 1 saturated carbocycles. The van der Waals surface area contributed by atoms with Gasteiger partial charge in [-0.05, 0) is 43.2 Å². The summed E-state index contributed by atoms with van der Waals surface area (Å²) < 4.78 is 7.41. The zero-order valence-electron chi connectivity index (χ0n) is 12.8. The zero-order chi connectivity index (χ0) is 15.4. The molecule has 0 saturated heterocycles. The van der Waals surface area contributed by atoms with Crippen molar-refractivity contribution in [3.8, 4) is 17.0 Å². The molecule has 0 spiro atoms. The van der Waals surface area contributed by atoms with Gasteiger partial charge in [-0.2, -0.15) is 0 Å². The van der Waals surface area contributed by atoms with Crippen LogP contribution < -0.4 is 4.74 Å². The van der Waals surface area contributed by atoms with Crippen LogP contribution >= 0.6 is 0 Å². The summed E-state index contributed by atoms with van der Waals surface area (Å²) in [7, 11) is 1.68. The number of nitrogens with one attached hydrogen (secondary N) is 1. The molecule has 5 rings (SSSR count). The summed E-state index contributed by atoms with van der Waals surface area (Å²) in [6.07, 6.45) is 6.25. The zero-order valence-corrected chi connectivity index (χ0v) is 12.8. The summed E-state index contributed by atoms with van der Waals surface area (Å²) in [6, 6.07) is 10.1. The fraction of sp³-hybridized carbons (Fsp3) is 0.222. The lowest BCUT2D eigenvalue weighted by atomic mass is 10.1. The Morgan fingerprint density at radius 2 is 2.00 bits per heavy atom. The Balaban J connectivity index is 1.80. The molecule has 0 atom stereocenters. The Bertz CT molecular complexity index is 1010. The van der Waals surface area contributed by atoms with Crippen molar-refractivity contribution in [1.29, 1.82) is 0 Å². The summed E-state index contributed by atoms with van der Waals surface area (Å²) in [5.74, 6) is 1.41. The quantitative estimate of drug-likeness (QED) is 0.627. The Morgan fingerprint density at radius 1 is 1.17 bits per heavy atom. The van der Waals surface area contributed by atoms with E-state index >= 15 is 0 Å². The van der Waals surface area contributed by atoms with Crippen molar-refractivity contribution in [2.75, 3.05) is 7.11 Å². The first-order valence-corrected chi connectivity index (χ1v) is 7.83. The number of aromatic amines is 1. The summed E-state index contributed by atoms with van der Waals surface area (Å²) in [4.78, 5) is 12.8. The van der Waals surface area contributed by atoms with Crippen molar-refractivity contribution in [3.05, 3.63) is 48.5 Å². The van der Waals surface area contributed by atoms with Gasteiger partial charge in [-0.1, -0.05) is 0 Å². The van der Waals surface area contributed by atoms with Gasteiger partial charge in [0.1, 0.15) is 12.1 Å². The molecule has 1 aliphatic carbocycles. The minimum absolute atomic E-state index is 0.555. The first-order chi connectivity index (χ1) is 11.3. The molecule has 114 valence electrons. The molecule has 0 amide bonds. The Hall–Kier alpha value is -2.82. The highest BCUT2D eigenvalue weighted by Gasteiger charge is 2.30. The van der Waals surface area contributed by atoms with Crippen LogP contribution in [0.25, 0.3) is 27.9 Å². The molecule has 0 aliphatic heterocycles. The molecule has 5 heteroatoms. The van der Waals surface area contributed by atoms with E-state index in [1.54, 1.807) is 7.11 Å². The van der Waals surface area contributed by atoms with E-state index in [2.05, 4.69) is 26.5 Å². The molecule has 23 heavy (non-hydrogen) atoms. The average molecular weight is 304 g/mol. The van der Waals surface area contributed by atoms with Crippen LogP contribution in [0.5, 0.6) is 5.75 Å². The fourth-order valence-corrected chi connectivity index (χ4v) is 3.19. The molecular weight excluding hydrogens is 288 g/mol. The van der Waals surface area contributed by atoms with Crippen LogP contribution in [0.15, 0.2) is 42.9 Å². The number of methoxy groups -OCH3 is 1. The maximum Gasteiger partial charge on any atom is 0.154 e. The third-order valence-corrected chi connectivity index (χ3v) is 4.53. The van der Waals surface area contributed by atoms with Crippen LogP contribution in [0.4, 0.5) is 0 Å². The molecule has 5 nitrogen and oxygen atoms in total. The molecule has 4 aromatic rings. The number of nitrogens with zero attached hydrogens (tertiary/aromatic N) is 3. The Morgan fingerprint density at radius 3 is 2.74 bits per heavy atom. The van der Waals surface area contributed by atoms with Crippen LogP contribution in [0.3, 0.4) is 0 Å².